The van der Waals surface area contributed by atoms with Gasteiger partial charge in [0.2, 0.25) is 0 Å². The Kier molecular flexibility index (Phi) is 2.51. The van der Waals surface area contributed by atoms with Gasteiger partial charge in [0.05, 0.1) is 6.04 Å². The van der Waals surface area contributed by atoms with Gasteiger partial charge in [0.1, 0.15) is 0 Å². The molecule has 2 aliphatic rings. The molecule has 0 amide bonds. The third kappa shape index (κ3) is 1.83. The van der Waals surface area contributed by atoms with E-state index >= 15 is 0 Å². The van der Waals surface area contributed by atoms with Gasteiger partial charge in [-0.3, -0.25) is 4.90 Å². The molecule has 2 nitrogen and oxygen atoms in total. The molecular weight excluding hydrogens is 174 g/mol. The van der Waals surface area contributed by atoms with E-state index in [1.165, 1.54) is 0 Å². The molecule has 0 bridgehead atoms. The van der Waals surface area contributed by atoms with Crippen molar-refractivity contribution in [2.75, 3.05) is 26.2 Å². The first-order chi connectivity index (χ1) is 6.20. The molecule has 4 heteroatoms. The quantitative estimate of drug-likeness (QED) is 0.665. The van der Waals surface area contributed by atoms with E-state index in [1.807, 2.05) is 4.90 Å². The zero-order valence-corrected chi connectivity index (χ0v) is 7.73. The summed E-state index contributed by atoms with van der Waals surface area (Å²) in [5, 5.41) is 3.05. The van der Waals surface area contributed by atoms with Crippen molar-refractivity contribution in [3.63, 3.8) is 0 Å². The minimum absolute atomic E-state index is 0.00579. The van der Waals surface area contributed by atoms with Crippen LogP contribution in [0.2, 0.25) is 0 Å². The summed E-state index contributed by atoms with van der Waals surface area (Å²) in [6.07, 6.45) is 2.15. The number of likely N-dealkylation sites (tertiary alicyclic amines) is 1. The van der Waals surface area contributed by atoms with Crippen LogP contribution in [-0.4, -0.2) is 43.0 Å². The normalized spacial score (nSPS) is 35.1. The van der Waals surface area contributed by atoms with Crippen LogP contribution < -0.4 is 5.32 Å². The molecule has 2 rings (SSSR count). The molecule has 0 aliphatic carbocycles. The zero-order valence-electron chi connectivity index (χ0n) is 7.73. The van der Waals surface area contributed by atoms with Gasteiger partial charge in [0.15, 0.2) is 0 Å². The van der Waals surface area contributed by atoms with Crippen molar-refractivity contribution in [3.8, 4) is 0 Å². The molecule has 0 saturated carbocycles. The Hall–Kier alpha value is -0.220. The van der Waals surface area contributed by atoms with Gasteiger partial charge in [-0.15, -0.1) is 0 Å². The first-order valence-electron chi connectivity index (χ1n) is 5.03. The second-order valence-corrected chi connectivity index (χ2v) is 3.97. The molecule has 76 valence electrons. The Morgan fingerprint density at radius 3 is 2.54 bits per heavy atom. The van der Waals surface area contributed by atoms with E-state index in [4.69, 9.17) is 0 Å². The predicted octanol–water partition coefficient (Wildman–Crippen LogP) is 1.08. The molecule has 0 aromatic rings. The van der Waals surface area contributed by atoms with E-state index in [-0.39, 0.29) is 6.42 Å². The number of piperidine rings is 1. The van der Waals surface area contributed by atoms with Crippen LogP contribution in [-0.2, 0) is 0 Å². The molecule has 2 fully saturated rings. The fourth-order valence-corrected chi connectivity index (χ4v) is 2.26. The SMILES string of the molecule is FC1(F)CCNC[C@@H]1N1CCCC1. The molecule has 0 radical (unpaired) electrons. The Morgan fingerprint density at radius 2 is 1.92 bits per heavy atom. The predicted molar refractivity (Wildman–Crippen MR) is 47.0 cm³/mol. The maximum absolute atomic E-state index is 13.4. The van der Waals surface area contributed by atoms with E-state index in [9.17, 15) is 8.78 Å². The highest BCUT2D eigenvalue weighted by Crippen LogP contribution is 2.30. The molecule has 13 heavy (non-hydrogen) atoms. The second-order valence-electron chi connectivity index (χ2n) is 3.97. The molecule has 2 aliphatic heterocycles. The van der Waals surface area contributed by atoms with Gasteiger partial charge < -0.3 is 5.32 Å². The van der Waals surface area contributed by atoms with E-state index < -0.39 is 12.0 Å². The van der Waals surface area contributed by atoms with Gasteiger partial charge in [-0.05, 0) is 25.9 Å². The Morgan fingerprint density at radius 1 is 1.23 bits per heavy atom. The summed E-state index contributed by atoms with van der Waals surface area (Å²) in [5.74, 6) is -2.48. The van der Waals surface area contributed by atoms with Crippen molar-refractivity contribution in [2.24, 2.45) is 0 Å². The summed E-state index contributed by atoms with van der Waals surface area (Å²) in [5.41, 5.74) is 0. The number of rotatable bonds is 1. The lowest BCUT2D eigenvalue weighted by Crippen LogP contribution is -2.56. The van der Waals surface area contributed by atoms with Gasteiger partial charge in [-0.25, -0.2) is 8.78 Å². The minimum atomic E-state index is -2.48. The van der Waals surface area contributed by atoms with E-state index in [0.717, 1.165) is 25.9 Å². The van der Waals surface area contributed by atoms with E-state index in [2.05, 4.69) is 5.32 Å². The Balaban J connectivity index is 2.02. The Bertz CT molecular complexity index is 178. The zero-order chi connectivity index (χ0) is 9.31. The molecule has 1 N–H and O–H groups in total. The smallest absolute Gasteiger partial charge is 0.265 e. The highest BCUT2D eigenvalue weighted by molar-refractivity contribution is 4.92. The number of hydrogen-bond donors (Lipinski definition) is 1. The van der Waals surface area contributed by atoms with Crippen LogP contribution in [0.25, 0.3) is 0 Å². The van der Waals surface area contributed by atoms with Crippen molar-refractivity contribution in [3.05, 3.63) is 0 Å². The minimum Gasteiger partial charge on any atom is -0.315 e. The van der Waals surface area contributed by atoms with Crippen molar-refractivity contribution in [1.82, 2.24) is 10.2 Å². The lowest BCUT2D eigenvalue weighted by atomic mass is 10.0. The third-order valence-electron chi connectivity index (χ3n) is 3.04. The third-order valence-corrected chi connectivity index (χ3v) is 3.04. The highest BCUT2D eigenvalue weighted by Gasteiger charge is 2.45. The van der Waals surface area contributed by atoms with Crippen LogP contribution in [0.15, 0.2) is 0 Å². The molecule has 0 aromatic carbocycles. The van der Waals surface area contributed by atoms with Gasteiger partial charge in [-0.1, -0.05) is 0 Å². The molecule has 2 saturated heterocycles. The van der Waals surface area contributed by atoms with Crippen molar-refractivity contribution >= 4 is 0 Å². The van der Waals surface area contributed by atoms with Gasteiger partial charge in [0.25, 0.3) is 5.92 Å². The van der Waals surface area contributed by atoms with Crippen molar-refractivity contribution in [1.29, 1.82) is 0 Å². The number of hydrogen-bond acceptors (Lipinski definition) is 2. The number of nitrogens with zero attached hydrogens (tertiary/aromatic N) is 1. The lowest BCUT2D eigenvalue weighted by molar-refractivity contribution is -0.0936. The average Bonchev–Trinajstić information content (AvgIpc) is 2.55. The topological polar surface area (TPSA) is 15.3 Å². The first kappa shape index (κ1) is 9.34. The molecule has 1 atom stereocenters. The Labute approximate surface area is 77.3 Å². The fraction of sp³-hybridized carbons (Fsp3) is 1.00. The maximum Gasteiger partial charge on any atom is 0.265 e. The highest BCUT2D eigenvalue weighted by atomic mass is 19.3. The molecule has 0 aromatic heterocycles. The van der Waals surface area contributed by atoms with Crippen molar-refractivity contribution in [2.45, 2.75) is 31.2 Å². The van der Waals surface area contributed by atoms with Crippen LogP contribution in [0.4, 0.5) is 8.78 Å². The lowest BCUT2D eigenvalue weighted by Gasteiger charge is -2.37. The van der Waals surface area contributed by atoms with Crippen molar-refractivity contribution < 1.29 is 8.78 Å². The first-order valence-corrected chi connectivity index (χ1v) is 5.03. The standard InChI is InChI=1S/C9H16F2N2/c10-9(11)3-4-12-7-8(9)13-5-1-2-6-13/h8,12H,1-7H2/t8-/m0/s1. The summed E-state index contributed by atoms with van der Waals surface area (Å²) < 4.78 is 26.9. The summed E-state index contributed by atoms with van der Waals surface area (Å²) in [6, 6.07) is -0.552. The molecule has 0 spiro atoms. The van der Waals surface area contributed by atoms with Crippen LogP contribution in [0.5, 0.6) is 0 Å². The number of halogens is 2. The summed E-state index contributed by atoms with van der Waals surface area (Å²) >= 11 is 0. The number of nitrogens with one attached hydrogen (secondary N) is 1. The molecule has 2 heterocycles. The monoisotopic (exact) mass is 190 g/mol. The van der Waals surface area contributed by atoms with Crippen LogP contribution in [0.3, 0.4) is 0 Å². The summed E-state index contributed by atoms with van der Waals surface area (Å²) in [6.45, 7) is 2.61. The largest absolute Gasteiger partial charge is 0.315 e. The molecule has 0 unspecified atom stereocenters. The van der Waals surface area contributed by atoms with Crippen LogP contribution in [0, 0.1) is 0 Å². The molecular formula is C9H16F2N2. The average molecular weight is 190 g/mol. The van der Waals surface area contributed by atoms with E-state index in [1.54, 1.807) is 0 Å². The number of alkyl halides is 2. The van der Waals surface area contributed by atoms with Gasteiger partial charge in [-0.2, -0.15) is 0 Å². The summed E-state index contributed by atoms with van der Waals surface area (Å²) in [7, 11) is 0. The van der Waals surface area contributed by atoms with Crippen LogP contribution in [0.1, 0.15) is 19.3 Å². The van der Waals surface area contributed by atoms with Gasteiger partial charge >= 0.3 is 0 Å². The summed E-state index contributed by atoms with van der Waals surface area (Å²) in [4.78, 5) is 1.94. The fourth-order valence-electron chi connectivity index (χ4n) is 2.26. The van der Waals surface area contributed by atoms with Gasteiger partial charge in [0, 0.05) is 19.5 Å². The van der Waals surface area contributed by atoms with Crippen LogP contribution >= 0.6 is 0 Å². The van der Waals surface area contributed by atoms with E-state index in [0.29, 0.717) is 13.1 Å². The maximum atomic E-state index is 13.4. The second kappa shape index (κ2) is 3.50.